The lowest BCUT2D eigenvalue weighted by atomic mass is 10.2. The third-order valence-electron chi connectivity index (χ3n) is 3.19. The molecule has 1 amide bonds. The molecule has 1 N–H and O–H groups in total. The second kappa shape index (κ2) is 7.55. The molecule has 1 aromatic rings. The Labute approximate surface area is 115 Å². The Morgan fingerprint density at radius 1 is 1.42 bits per heavy atom. The minimum Gasteiger partial charge on any atom is -0.325 e. The lowest BCUT2D eigenvalue weighted by Crippen LogP contribution is -2.40. The van der Waals surface area contributed by atoms with Crippen LogP contribution in [0, 0.1) is 11.3 Å². The van der Waals surface area contributed by atoms with Crippen molar-refractivity contribution in [3.8, 4) is 6.07 Å². The number of nitriles is 1. The second-order valence-electron chi connectivity index (χ2n) is 4.69. The molecule has 0 aliphatic rings. The van der Waals surface area contributed by atoms with Crippen LogP contribution in [0.5, 0.6) is 0 Å². The largest absolute Gasteiger partial charge is 0.325 e. The van der Waals surface area contributed by atoms with E-state index in [2.05, 4.69) is 18.3 Å². The van der Waals surface area contributed by atoms with Gasteiger partial charge in [0.25, 0.3) is 0 Å². The van der Waals surface area contributed by atoms with E-state index in [1.165, 1.54) is 0 Å². The van der Waals surface area contributed by atoms with E-state index in [0.29, 0.717) is 5.56 Å². The molecule has 1 atom stereocenters. The number of likely N-dealkylation sites (N-methyl/N-ethyl adjacent to an activating group) is 1. The van der Waals surface area contributed by atoms with Crippen LogP contribution in [-0.4, -0.2) is 30.4 Å². The van der Waals surface area contributed by atoms with Crippen LogP contribution in [0.15, 0.2) is 24.3 Å². The fourth-order valence-electron chi connectivity index (χ4n) is 1.68. The Kier molecular flexibility index (Phi) is 6.04. The summed E-state index contributed by atoms with van der Waals surface area (Å²) < 4.78 is 0. The summed E-state index contributed by atoms with van der Waals surface area (Å²) in [5.74, 6) is -0.0247. The molecule has 19 heavy (non-hydrogen) atoms. The minimum atomic E-state index is -0.165. The van der Waals surface area contributed by atoms with Gasteiger partial charge in [0.15, 0.2) is 0 Å². The summed E-state index contributed by atoms with van der Waals surface area (Å²) in [6.45, 7) is 4.95. The van der Waals surface area contributed by atoms with Crippen LogP contribution in [0.4, 0.5) is 5.69 Å². The van der Waals surface area contributed by atoms with Crippen molar-refractivity contribution in [3.05, 3.63) is 29.8 Å². The number of hydrogen-bond donors (Lipinski definition) is 1. The molecular formula is C15H21N3O. The van der Waals surface area contributed by atoms with Gasteiger partial charge in [0.05, 0.1) is 17.7 Å². The molecule has 0 spiro atoms. The first kappa shape index (κ1) is 15.2. The van der Waals surface area contributed by atoms with Gasteiger partial charge in [-0.05, 0) is 51.2 Å². The third-order valence-corrected chi connectivity index (χ3v) is 3.19. The van der Waals surface area contributed by atoms with Crippen molar-refractivity contribution in [1.82, 2.24) is 4.90 Å². The minimum absolute atomic E-state index is 0.0247. The highest BCUT2D eigenvalue weighted by Crippen LogP contribution is 2.10. The molecule has 1 rings (SSSR count). The number of hydrogen-bond acceptors (Lipinski definition) is 3. The van der Waals surface area contributed by atoms with Gasteiger partial charge in [-0.25, -0.2) is 0 Å². The summed E-state index contributed by atoms with van der Waals surface area (Å²) >= 11 is 0. The zero-order valence-electron chi connectivity index (χ0n) is 11.8. The van der Waals surface area contributed by atoms with Crippen molar-refractivity contribution < 1.29 is 4.79 Å². The van der Waals surface area contributed by atoms with Crippen molar-refractivity contribution in [1.29, 1.82) is 5.26 Å². The molecule has 0 aliphatic carbocycles. The number of nitrogens with one attached hydrogen (secondary N) is 1. The monoisotopic (exact) mass is 259 g/mol. The van der Waals surface area contributed by atoms with E-state index in [-0.39, 0.29) is 11.9 Å². The van der Waals surface area contributed by atoms with Gasteiger partial charge in [-0.15, -0.1) is 0 Å². The molecule has 4 nitrogen and oxygen atoms in total. The molecule has 0 bridgehead atoms. The fraction of sp³-hybridized carbons (Fsp3) is 0.467. The van der Waals surface area contributed by atoms with Gasteiger partial charge in [-0.2, -0.15) is 5.26 Å². The summed E-state index contributed by atoms with van der Waals surface area (Å²) in [6.07, 6.45) is 2.21. The van der Waals surface area contributed by atoms with Crippen LogP contribution in [0.25, 0.3) is 0 Å². The van der Waals surface area contributed by atoms with E-state index in [0.717, 1.165) is 25.1 Å². The number of carbonyl (C=O) groups excluding carboxylic acids is 1. The van der Waals surface area contributed by atoms with Gasteiger partial charge >= 0.3 is 0 Å². The molecule has 0 fully saturated rings. The van der Waals surface area contributed by atoms with Gasteiger partial charge < -0.3 is 5.32 Å². The van der Waals surface area contributed by atoms with E-state index >= 15 is 0 Å². The normalized spacial score (nSPS) is 11.9. The molecule has 4 heteroatoms. The summed E-state index contributed by atoms with van der Waals surface area (Å²) in [7, 11) is 1.96. The molecule has 1 aromatic carbocycles. The zero-order chi connectivity index (χ0) is 14.3. The van der Waals surface area contributed by atoms with Crippen molar-refractivity contribution in [2.45, 2.75) is 32.7 Å². The quantitative estimate of drug-likeness (QED) is 0.854. The molecule has 0 heterocycles. The van der Waals surface area contributed by atoms with Gasteiger partial charge in [-0.3, -0.25) is 9.69 Å². The van der Waals surface area contributed by atoms with Crippen LogP contribution in [-0.2, 0) is 4.79 Å². The molecule has 0 aliphatic heterocycles. The Hall–Kier alpha value is -1.86. The van der Waals surface area contributed by atoms with E-state index in [1.54, 1.807) is 24.3 Å². The number of carbonyl (C=O) groups is 1. The van der Waals surface area contributed by atoms with Gasteiger partial charge in [-0.1, -0.05) is 13.3 Å². The van der Waals surface area contributed by atoms with Gasteiger partial charge in [0.1, 0.15) is 0 Å². The molecule has 0 unspecified atom stereocenters. The molecule has 0 saturated carbocycles. The summed E-state index contributed by atoms with van der Waals surface area (Å²) in [6, 6.07) is 8.77. The van der Waals surface area contributed by atoms with Crippen LogP contribution < -0.4 is 5.32 Å². The molecule has 0 aromatic heterocycles. The Bertz CT molecular complexity index is 447. The van der Waals surface area contributed by atoms with Crippen molar-refractivity contribution in [2.24, 2.45) is 0 Å². The second-order valence-corrected chi connectivity index (χ2v) is 4.69. The number of unbranched alkanes of at least 4 members (excludes halogenated alkanes) is 1. The Morgan fingerprint density at radius 3 is 2.58 bits per heavy atom. The number of amides is 1. The highest BCUT2D eigenvalue weighted by atomic mass is 16.2. The average Bonchev–Trinajstić information content (AvgIpc) is 2.44. The molecular weight excluding hydrogens is 238 g/mol. The van der Waals surface area contributed by atoms with Crippen LogP contribution in [0.1, 0.15) is 32.3 Å². The predicted octanol–water partition coefficient (Wildman–Crippen LogP) is 2.62. The van der Waals surface area contributed by atoms with Crippen molar-refractivity contribution in [3.63, 3.8) is 0 Å². The summed E-state index contributed by atoms with van der Waals surface area (Å²) in [5, 5.41) is 11.6. The Morgan fingerprint density at radius 2 is 2.05 bits per heavy atom. The van der Waals surface area contributed by atoms with E-state index in [1.807, 2.05) is 18.9 Å². The first-order chi connectivity index (χ1) is 9.08. The smallest absolute Gasteiger partial charge is 0.241 e. The topological polar surface area (TPSA) is 56.1 Å². The third kappa shape index (κ3) is 4.72. The van der Waals surface area contributed by atoms with Gasteiger partial charge in [0.2, 0.25) is 5.91 Å². The number of rotatable bonds is 6. The first-order valence-electron chi connectivity index (χ1n) is 6.59. The Balaban J connectivity index is 2.55. The molecule has 0 saturated heterocycles. The maximum atomic E-state index is 12.1. The number of benzene rings is 1. The molecule has 102 valence electrons. The maximum absolute atomic E-state index is 12.1. The first-order valence-corrected chi connectivity index (χ1v) is 6.59. The number of anilines is 1. The predicted molar refractivity (Wildman–Crippen MR) is 76.8 cm³/mol. The highest BCUT2D eigenvalue weighted by Gasteiger charge is 2.17. The van der Waals surface area contributed by atoms with Crippen molar-refractivity contribution >= 4 is 11.6 Å². The van der Waals surface area contributed by atoms with E-state index < -0.39 is 0 Å². The standard InChI is InChI=1S/C15H21N3O/c1-4-5-10-18(3)12(2)15(19)17-14-8-6-13(11-16)7-9-14/h6-9,12H,4-5,10H2,1-3H3,(H,17,19)/t12-/m0/s1. The number of nitrogens with zero attached hydrogens (tertiary/aromatic N) is 2. The SMILES string of the molecule is CCCCN(C)[C@@H](C)C(=O)Nc1ccc(C#N)cc1. The maximum Gasteiger partial charge on any atom is 0.241 e. The molecule has 0 radical (unpaired) electrons. The summed E-state index contributed by atoms with van der Waals surface area (Å²) in [4.78, 5) is 14.1. The highest BCUT2D eigenvalue weighted by molar-refractivity contribution is 5.94. The van der Waals surface area contributed by atoms with Crippen LogP contribution in [0.3, 0.4) is 0 Å². The lowest BCUT2D eigenvalue weighted by molar-refractivity contribution is -0.120. The zero-order valence-corrected chi connectivity index (χ0v) is 11.8. The van der Waals surface area contributed by atoms with E-state index in [9.17, 15) is 4.79 Å². The van der Waals surface area contributed by atoms with Crippen molar-refractivity contribution in [2.75, 3.05) is 18.9 Å². The van der Waals surface area contributed by atoms with Crippen LogP contribution >= 0.6 is 0 Å². The lowest BCUT2D eigenvalue weighted by Gasteiger charge is -2.23. The van der Waals surface area contributed by atoms with Crippen LogP contribution in [0.2, 0.25) is 0 Å². The summed E-state index contributed by atoms with van der Waals surface area (Å²) in [5.41, 5.74) is 1.31. The average molecular weight is 259 g/mol. The fourth-order valence-corrected chi connectivity index (χ4v) is 1.68. The van der Waals surface area contributed by atoms with Gasteiger partial charge in [0, 0.05) is 5.69 Å². The van der Waals surface area contributed by atoms with E-state index in [4.69, 9.17) is 5.26 Å².